The first-order valence-corrected chi connectivity index (χ1v) is 8.90. The molecular weight excluding hydrogens is 258 g/mol. The number of likely N-dealkylation sites (N-methyl/N-ethyl adjacent to an activating group) is 1. The maximum Gasteiger partial charge on any atom is 0.0640 e. The molecule has 2 fully saturated rings. The van der Waals surface area contributed by atoms with Crippen LogP contribution in [0.1, 0.15) is 64.1 Å². The molecule has 2 saturated carbocycles. The largest absolute Gasteiger partial charge is 0.317 e. The Morgan fingerprint density at radius 1 is 1.38 bits per heavy atom. The van der Waals surface area contributed by atoms with Gasteiger partial charge in [-0.2, -0.15) is 5.10 Å². The van der Waals surface area contributed by atoms with Crippen molar-refractivity contribution in [2.24, 2.45) is 17.8 Å². The molecule has 5 unspecified atom stereocenters. The van der Waals surface area contributed by atoms with Crippen LogP contribution >= 0.6 is 0 Å². The molecule has 3 rings (SSSR count). The van der Waals surface area contributed by atoms with Crippen LogP contribution in [0.2, 0.25) is 0 Å². The van der Waals surface area contributed by atoms with Gasteiger partial charge in [0.2, 0.25) is 0 Å². The Labute approximate surface area is 129 Å². The third-order valence-corrected chi connectivity index (χ3v) is 6.04. The molecule has 21 heavy (non-hydrogen) atoms. The van der Waals surface area contributed by atoms with E-state index >= 15 is 0 Å². The lowest BCUT2D eigenvalue weighted by Crippen LogP contribution is -2.31. The predicted molar refractivity (Wildman–Crippen MR) is 87.3 cm³/mol. The number of aromatic nitrogens is 2. The zero-order chi connectivity index (χ0) is 14.8. The van der Waals surface area contributed by atoms with Crippen LogP contribution in [0.5, 0.6) is 0 Å². The van der Waals surface area contributed by atoms with Crippen molar-refractivity contribution in [3.05, 3.63) is 18.0 Å². The number of fused-ring (bicyclic) bond motifs is 2. The molecule has 0 amide bonds. The molecule has 0 radical (unpaired) electrons. The highest BCUT2D eigenvalue weighted by atomic mass is 15.3. The molecule has 1 aromatic rings. The Bertz CT molecular complexity index is 453. The molecule has 2 bridgehead atoms. The first-order chi connectivity index (χ1) is 10.2. The van der Waals surface area contributed by atoms with Crippen molar-refractivity contribution in [1.29, 1.82) is 0 Å². The molecule has 0 aliphatic heterocycles. The molecule has 0 saturated heterocycles. The van der Waals surface area contributed by atoms with E-state index in [0.717, 1.165) is 30.6 Å². The van der Waals surface area contributed by atoms with Crippen LogP contribution in [-0.2, 0) is 6.42 Å². The van der Waals surface area contributed by atoms with Gasteiger partial charge in [0, 0.05) is 24.7 Å². The summed E-state index contributed by atoms with van der Waals surface area (Å²) in [5, 5.41) is 8.31. The second kappa shape index (κ2) is 6.51. The molecule has 5 atom stereocenters. The summed E-state index contributed by atoms with van der Waals surface area (Å²) in [4.78, 5) is 0. The third kappa shape index (κ3) is 3.33. The molecule has 0 spiro atoms. The van der Waals surface area contributed by atoms with Gasteiger partial charge in [-0.25, -0.2) is 0 Å². The highest BCUT2D eigenvalue weighted by molar-refractivity contribution is 5.03. The van der Waals surface area contributed by atoms with E-state index in [0.29, 0.717) is 12.1 Å². The lowest BCUT2D eigenvalue weighted by atomic mass is 9.83. The second-order valence-corrected chi connectivity index (χ2v) is 7.40. The van der Waals surface area contributed by atoms with Gasteiger partial charge < -0.3 is 5.32 Å². The summed E-state index contributed by atoms with van der Waals surface area (Å²) < 4.78 is 2.12. The summed E-state index contributed by atoms with van der Waals surface area (Å²) in [5.41, 5.74) is 1.25. The van der Waals surface area contributed by atoms with Crippen molar-refractivity contribution in [2.75, 3.05) is 7.05 Å². The Balaban J connectivity index is 1.55. The van der Waals surface area contributed by atoms with Crippen LogP contribution < -0.4 is 5.32 Å². The second-order valence-electron chi connectivity index (χ2n) is 7.40. The van der Waals surface area contributed by atoms with Gasteiger partial charge in [-0.05, 0) is 69.9 Å². The van der Waals surface area contributed by atoms with Crippen molar-refractivity contribution in [2.45, 2.75) is 70.9 Å². The van der Waals surface area contributed by atoms with E-state index in [1.807, 2.05) is 0 Å². The molecule has 3 heteroatoms. The van der Waals surface area contributed by atoms with Crippen LogP contribution in [0.3, 0.4) is 0 Å². The van der Waals surface area contributed by atoms with E-state index in [1.165, 1.54) is 37.8 Å². The molecule has 2 aliphatic carbocycles. The van der Waals surface area contributed by atoms with Crippen LogP contribution in [0.25, 0.3) is 0 Å². The van der Waals surface area contributed by atoms with Crippen LogP contribution in [0.4, 0.5) is 0 Å². The van der Waals surface area contributed by atoms with Crippen molar-refractivity contribution in [3.8, 4) is 0 Å². The fourth-order valence-electron chi connectivity index (χ4n) is 4.51. The Kier molecular flexibility index (Phi) is 4.68. The Morgan fingerprint density at radius 3 is 2.86 bits per heavy atom. The molecule has 1 aromatic heterocycles. The summed E-state index contributed by atoms with van der Waals surface area (Å²) in [7, 11) is 2.11. The summed E-state index contributed by atoms with van der Waals surface area (Å²) in [6, 6.07) is 3.31. The maximum absolute atomic E-state index is 4.77. The minimum atomic E-state index is 0.511. The highest BCUT2D eigenvalue weighted by Gasteiger charge is 2.39. The van der Waals surface area contributed by atoms with Gasteiger partial charge in [-0.3, -0.25) is 4.68 Å². The molecular formula is C18H31N3. The van der Waals surface area contributed by atoms with Gasteiger partial charge in [0.25, 0.3) is 0 Å². The number of nitrogens with zero attached hydrogens (tertiary/aromatic N) is 2. The Morgan fingerprint density at radius 2 is 2.24 bits per heavy atom. The quantitative estimate of drug-likeness (QED) is 0.827. The Hall–Kier alpha value is -0.830. The van der Waals surface area contributed by atoms with Crippen molar-refractivity contribution >= 4 is 0 Å². The van der Waals surface area contributed by atoms with E-state index in [2.05, 4.69) is 43.2 Å². The third-order valence-electron chi connectivity index (χ3n) is 6.04. The fraction of sp³-hybridized carbons (Fsp3) is 0.833. The molecule has 1 N–H and O–H groups in total. The van der Waals surface area contributed by atoms with E-state index in [4.69, 9.17) is 5.10 Å². The van der Waals surface area contributed by atoms with Gasteiger partial charge in [0.05, 0.1) is 5.69 Å². The minimum Gasteiger partial charge on any atom is -0.317 e. The van der Waals surface area contributed by atoms with Crippen LogP contribution in [0.15, 0.2) is 12.3 Å². The van der Waals surface area contributed by atoms with Gasteiger partial charge in [-0.1, -0.05) is 13.3 Å². The maximum atomic E-state index is 4.77. The number of nitrogens with one attached hydrogen (secondary N) is 1. The summed E-state index contributed by atoms with van der Waals surface area (Å²) in [6.07, 6.45) is 11.7. The normalized spacial score (nSPS) is 30.7. The first kappa shape index (κ1) is 15.1. The van der Waals surface area contributed by atoms with Gasteiger partial charge in [0.15, 0.2) is 0 Å². The van der Waals surface area contributed by atoms with E-state index in [-0.39, 0.29) is 0 Å². The van der Waals surface area contributed by atoms with Crippen molar-refractivity contribution in [1.82, 2.24) is 15.1 Å². The smallest absolute Gasteiger partial charge is 0.0640 e. The van der Waals surface area contributed by atoms with Crippen molar-refractivity contribution < 1.29 is 0 Å². The predicted octanol–water partition coefficient (Wildman–Crippen LogP) is 3.81. The topological polar surface area (TPSA) is 29.9 Å². The number of rotatable bonds is 7. The monoisotopic (exact) mass is 289 g/mol. The highest BCUT2D eigenvalue weighted by Crippen LogP contribution is 2.49. The molecule has 3 nitrogen and oxygen atoms in total. The van der Waals surface area contributed by atoms with E-state index < -0.39 is 0 Å². The lowest BCUT2D eigenvalue weighted by Gasteiger charge is -2.26. The van der Waals surface area contributed by atoms with Crippen LogP contribution in [-0.4, -0.2) is 22.9 Å². The summed E-state index contributed by atoms with van der Waals surface area (Å²) in [5.74, 6) is 3.06. The molecule has 0 aromatic carbocycles. The van der Waals surface area contributed by atoms with Gasteiger partial charge in [0.1, 0.15) is 0 Å². The average molecular weight is 289 g/mol. The zero-order valence-corrected chi connectivity index (χ0v) is 13.9. The molecule has 1 heterocycles. The number of hydrogen-bond acceptors (Lipinski definition) is 2. The zero-order valence-electron chi connectivity index (χ0n) is 13.9. The van der Waals surface area contributed by atoms with E-state index in [1.54, 1.807) is 0 Å². The molecule has 118 valence electrons. The minimum absolute atomic E-state index is 0.511. The summed E-state index contributed by atoms with van der Waals surface area (Å²) in [6.45, 7) is 4.46. The van der Waals surface area contributed by atoms with Gasteiger partial charge in [-0.15, -0.1) is 0 Å². The van der Waals surface area contributed by atoms with E-state index in [9.17, 15) is 0 Å². The standard InChI is InChI=1S/C18H31N3/c1-4-13(2)21-8-7-17(20-21)12-18(19-3)11-16-10-14-5-6-15(16)9-14/h7-8,13-16,18-19H,4-6,9-12H2,1-3H3. The first-order valence-electron chi connectivity index (χ1n) is 8.90. The average Bonchev–Trinajstić information content (AvgIpc) is 3.21. The summed E-state index contributed by atoms with van der Waals surface area (Å²) >= 11 is 0. The SMILES string of the molecule is CCC(C)n1ccc(CC(CC2CC3CCC2C3)NC)n1. The van der Waals surface area contributed by atoms with Gasteiger partial charge >= 0.3 is 0 Å². The fourth-order valence-corrected chi connectivity index (χ4v) is 4.51. The molecule has 2 aliphatic rings. The van der Waals surface area contributed by atoms with Crippen molar-refractivity contribution in [3.63, 3.8) is 0 Å². The number of hydrogen-bond donors (Lipinski definition) is 1. The lowest BCUT2D eigenvalue weighted by molar-refractivity contribution is 0.281. The van der Waals surface area contributed by atoms with Crippen LogP contribution in [0, 0.1) is 17.8 Å².